The number of nitrogens with two attached hydrogens (primary N) is 1. The molecule has 2 fully saturated rings. The number of benzene rings is 2. The minimum atomic E-state index is -0.176. The number of nitrogens with zero attached hydrogens (tertiary/aromatic N) is 1. The molecule has 1 heterocycles. The Bertz CT molecular complexity index is 756. The van der Waals surface area contributed by atoms with Crippen LogP contribution in [0, 0.1) is 0 Å². The van der Waals surface area contributed by atoms with E-state index in [1.165, 1.54) is 12.8 Å². The number of nitrogens with one attached hydrogen (secondary N) is 1. The number of likely N-dealkylation sites (tertiary alicyclic amines) is 1. The van der Waals surface area contributed by atoms with Gasteiger partial charge < -0.3 is 15.8 Å². The first-order valence-corrected chi connectivity index (χ1v) is 8.85. The first kappa shape index (κ1) is 18.3. The summed E-state index contributed by atoms with van der Waals surface area (Å²) in [6.45, 7) is 2.15. The Morgan fingerprint density at radius 2 is 1.81 bits per heavy atom. The van der Waals surface area contributed by atoms with Crippen molar-refractivity contribution < 1.29 is 9.53 Å². The fourth-order valence-corrected chi connectivity index (χ4v) is 3.30. The summed E-state index contributed by atoms with van der Waals surface area (Å²) in [6, 6.07) is 15.3. The van der Waals surface area contributed by atoms with Crippen LogP contribution in [0.15, 0.2) is 48.5 Å². The van der Waals surface area contributed by atoms with E-state index in [1.54, 1.807) is 24.3 Å². The zero-order valence-corrected chi connectivity index (χ0v) is 14.2. The first-order valence-electron chi connectivity index (χ1n) is 8.85. The van der Waals surface area contributed by atoms with Crippen molar-refractivity contribution in [3.8, 4) is 5.75 Å². The second-order valence-corrected chi connectivity index (χ2v) is 6.82. The lowest BCUT2D eigenvalue weighted by atomic mass is 10.2. The molecule has 138 valence electrons. The van der Waals surface area contributed by atoms with Crippen LogP contribution in [-0.2, 0) is 0 Å². The minimum Gasteiger partial charge on any atom is -0.489 e. The third-order valence-corrected chi connectivity index (χ3v) is 4.87. The minimum absolute atomic E-state index is 0. The van der Waals surface area contributed by atoms with Crippen molar-refractivity contribution in [1.29, 1.82) is 0 Å². The summed E-state index contributed by atoms with van der Waals surface area (Å²) in [4.78, 5) is 14.9. The molecule has 1 aliphatic heterocycles. The Balaban J connectivity index is 0.00000196. The van der Waals surface area contributed by atoms with Gasteiger partial charge in [-0.15, -0.1) is 0 Å². The number of rotatable bonds is 5. The van der Waals surface area contributed by atoms with Crippen LogP contribution in [0.25, 0.3) is 0 Å². The van der Waals surface area contributed by atoms with Crippen LogP contribution in [0.3, 0.4) is 0 Å². The van der Waals surface area contributed by atoms with E-state index in [9.17, 15) is 4.79 Å². The van der Waals surface area contributed by atoms with Crippen molar-refractivity contribution in [1.82, 2.24) is 4.90 Å². The molecule has 5 nitrogen and oxygen atoms in total. The maximum absolute atomic E-state index is 12.3. The number of para-hydroxylation sites is 2. The van der Waals surface area contributed by atoms with E-state index in [1.807, 2.05) is 24.3 Å². The zero-order valence-electron chi connectivity index (χ0n) is 14.2. The molecule has 1 aliphatic carbocycles. The highest BCUT2D eigenvalue weighted by Gasteiger charge is 2.35. The maximum Gasteiger partial charge on any atom is 0.255 e. The van der Waals surface area contributed by atoms with Gasteiger partial charge in [0.05, 0.1) is 11.4 Å². The standard InChI is InChI=1S/C20H23N3O2.CH4/c21-18-3-1-2-4-19(18)22-20(24)14-5-9-16(10-6-14)25-17-11-12-23(13-17)15-7-8-15;/h1-6,9-10,15,17H,7-8,11-13,21H2,(H,22,24);1H4/t17-;/m0./s1. The highest BCUT2D eigenvalue weighted by atomic mass is 16.5. The monoisotopic (exact) mass is 353 g/mol. The molecule has 0 spiro atoms. The molecule has 0 radical (unpaired) electrons. The van der Waals surface area contributed by atoms with Crippen LogP contribution in [0.2, 0.25) is 0 Å². The summed E-state index contributed by atoms with van der Waals surface area (Å²) < 4.78 is 6.06. The van der Waals surface area contributed by atoms with Crippen LogP contribution < -0.4 is 15.8 Å². The Labute approximate surface area is 155 Å². The lowest BCUT2D eigenvalue weighted by Gasteiger charge is -2.16. The molecule has 1 saturated heterocycles. The summed E-state index contributed by atoms with van der Waals surface area (Å²) >= 11 is 0. The van der Waals surface area contributed by atoms with E-state index in [0.29, 0.717) is 16.9 Å². The van der Waals surface area contributed by atoms with E-state index >= 15 is 0 Å². The van der Waals surface area contributed by atoms with E-state index in [2.05, 4.69) is 10.2 Å². The van der Waals surface area contributed by atoms with Gasteiger partial charge in [-0.3, -0.25) is 9.69 Å². The van der Waals surface area contributed by atoms with Crippen LogP contribution >= 0.6 is 0 Å². The number of nitrogen functional groups attached to an aromatic ring is 1. The molecule has 3 N–H and O–H groups in total. The molecule has 0 bridgehead atoms. The first-order chi connectivity index (χ1) is 12.2. The van der Waals surface area contributed by atoms with E-state index in [-0.39, 0.29) is 19.4 Å². The fourth-order valence-electron chi connectivity index (χ4n) is 3.30. The molecule has 1 atom stereocenters. The molecule has 2 aromatic rings. The van der Waals surface area contributed by atoms with Gasteiger partial charge in [0.2, 0.25) is 0 Å². The van der Waals surface area contributed by atoms with Gasteiger partial charge in [0, 0.05) is 24.7 Å². The summed E-state index contributed by atoms with van der Waals surface area (Å²) in [5.41, 5.74) is 7.62. The van der Waals surface area contributed by atoms with Crippen molar-refractivity contribution >= 4 is 17.3 Å². The molecule has 5 heteroatoms. The van der Waals surface area contributed by atoms with Crippen LogP contribution in [0.1, 0.15) is 37.0 Å². The molecular formula is C21H27N3O2. The van der Waals surface area contributed by atoms with Crippen molar-refractivity contribution in [2.75, 3.05) is 24.1 Å². The normalized spacial score (nSPS) is 19.6. The van der Waals surface area contributed by atoms with Gasteiger partial charge in [0.1, 0.15) is 11.9 Å². The molecule has 1 saturated carbocycles. The second kappa shape index (κ2) is 7.79. The Kier molecular flexibility index (Phi) is 5.47. The summed E-state index contributed by atoms with van der Waals surface area (Å²) in [5, 5.41) is 2.83. The van der Waals surface area contributed by atoms with E-state index < -0.39 is 0 Å². The number of anilines is 2. The van der Waals surface area contributed by atoms with Gasteiger partial charge in [-0.25, -0.2) is 0 Å². The average Bonchev–Trinajstić information content (AvgIpc) is 3.37. The molecule has 2 aromatic carbocycles. The third kappa shape index (κ3) is 4.17. The quantitative estimate of drug-likeness (QED) is 0.803. The molecule has 2 aliphatic rings. The molecule has 4 rings (SSSR count). The van der Waals surface area contributed by atoms with Crippen molar-refractivity contribution in [3.63, 3.8) is 0 Å². The fraction of sp³-hybridized carbons (Fsp3) is 0.381. The predicted molar refractivity (Wildman–Crippen MR) is 106 cm³/mol. The Morgan fingerprint density at radius 3 is 2.50 bits per heavy atom. The Hall–Kier alpha value is -2.53. The molecule has 0 aromatic heterocycles. The number of amides is 1. The lowest BCUT2D eigenvalue weighted by Crippen LogP contribution is -2.26. The smallest absolute Gasteiger partial charge is 0.255 e. The van der Waals surface area contributed by atoms with Crippen LogP contribution in [-0.4, -0.2) is 36.0 Å². The highest BCUT2D eigenvalue weighted by molar-refractivity contribution is 6.05. The van der Waals surface area contributed by atoms with Gasteiger partial charge in [-0.2, -0.15) is 0 Å². The van der Waals surface area contributed by atoms with Gasteiger partial charge >= 0.3 is 0 Å². The van der Waals surface area contributed by atoms with Gasteiger partial charge in [-0.05, 0) is 55.7 Å². The van der Waals surface area contributed by atoms with Crippen molar-refractivity contribution in [3.05, 3.63) is 54.1 Å². The summed E-state index contributed by atoms with van der Waals surface area (Å²) in [7, 11) is 0. The third-order valence-electron chi connectivity index (χ3n) is 4.87. The van der Waals surface area contributed by atoms with E-state index in [4.69, 9.17) is 10.5 Å². The van der Waals surface area contributed by atoms with Gasteiger partial charge in [0.15, 0.2) is 0 Å². The maximum atomic E-state index is 12.3. The van der Waals surface area contributed by atoms with Gasteiger partial charge in [-0.1, -0.05) is 19.6 Å². The van der Waals surface area contributed by atoms with Crippen molar-refractivity contribution in [2.45, 2.75) is 38.8 Å². The van der Waals surface area contributed by atoms with Crippen molar-refractivity contribution in [2.24, 2.45) is 0 Å². The Morgan fingerprint density at radius 1 is 1.08 bits per heavy atom. The average molecular weight is 353 g/mol. The SMILES string of the molecule is C.Nc1ccccc1NC(=O)c1ccc(O[C@H]2CCN(C3CC3)C2)cc1. The molecular weight excluding hydrogens is 326 g/mol. The lowest BCUT2D eigenvalue weighted by molar-refractivity contribution is 0.102. The topological polar surface area (TPSA) is 67.6 Å². The second-order valence-electron chi connectivity index (χ2n) is 6.82. The molecule has 26 heavy (non-hydrogen) atoms. The zero-order chi connectivity index (χ0) is 17.2. The summed E-state index contributed by atoms with van der Waals surface area (Å²) in [6.07, 6.45) is 4.00. The molecule has 1 amide bonds. The summed E-state index contributed by atoms with van der Waals surface area (Å²) in [5.74, 6) is 0.642. The number of hydrogen-bond donors (Lipinski definition) is 2. The largest absolute Gasteiger partial charge is 0.489 e. The van der Waals surface area contributed by atoms with Crippen LogP contribution in [0.4, 0.5) is 11.4 Å². The molecule has 0 unspecified atom stereocenters. The number of hydrogen-bond acceptors (Lipinski definition) is 4. The highest BCUT2D eigenvalue weighted by Crippen LogP contribution is 2.31. The number of ether oxygens (including phenoxy) is 1. The van der Waals surface area contributed by atoms with Crippen LogP contribution in [0.5, 0.6) is 5.75 Å². The number of carbonyl (C=O) groups is 1. The van der Waals surface area contributed by atoms with Gasteiger partial charge in [0.25, 0.3) is 5.91 Å². The number of carbonyl (C=O) groups excluding carboxylic acids is 1. The van der Waals surface area contributed by atoms with E-state index in [0.717, 1.165) is 31.3 Å². The predicted octanol–water partition coefficient (Wildman–Crippen LogP) is 3.77.